The van der Waals surface area contributed by atoms with E-state index in [1.54, 1.807) is 32.4 Å². The second-order valence-electron chi connectivity index (χ2n) is 7.20. The van der Waals surface area contributed by atoms with Crippen molar-refractivity contribution < 1.29 is 19.0 Å². The number of hydrogen-bond donors (Lipinski definition) is 0. The Morgan fingerprint density at radius 1 is 1.03 bits per heavy atom. The van der Waals surface area contributed by atoms with Gasteiger partial charge >= 0.3 is 0 Å². The smallest absolute Gasteiger partial charge is 0.254 e. The van der Waals surface area contributed by atoms with Crippen LogP contribution in [0.1, 0.15) is 27.4 Å². The van der Waals surface area contributed by atoms with Crippen LogP contribution in [0.4, 0.5) is 5.82 Å². The van der Waals surface area contributed by atoms with Crippen LogP contribution in [-0.2, 0) is 17.7 Å². The molecule has 0 bridgehead atoms. The third-order valence-corrected chi connectivity index (χ3v) is 5.35. The highest BCUT2D eigenvalue weighted by Crippen LogP contribution is 2.29. The van der Waals surface area contributed by atoms with Gasteiger partial charge in [-0.25, -0.2) is 9.97 Å². The molecule has 0 unspecified atom stereocenters. The van der Waals surface area contributed by atoms with Crippen LogP contribution in [0.3, 0.4) is 0 Å². The number of methoxy groups -OCH3 is 2. The van der Waals surface area contributed by atoms with Gasteiger partial charge in [0, 0.05) is 43.2 Å². The van der Waals surface area contributed by atoms with Crippen molar-refractivity contribution in [1.29, 1.82) is 0 Å². The van der Waals surface area contributed by atoms with Crippen LogP contribution in [0, 0.1) is 6.92 Å². The van der Waals surface area contributed by atoms with Gasteiger partial charge in [0.05, 0.1) is 39.7 Å². The topological polar surface area (TPSA) is 77.0 Å². The van der Waals surface area contributed by atoms with Crippen LogP contribution in [0.5, 0.6) is 11.5 Å². The molecule has 2 aromatic rings. The van der Waals surface area contributed by atoms with Gasteiger partial charge in [-0.15, -0.1) is 0 Å². The van der Waals surface area contributed by atoms with Crippen LogP contribution in [0.2, 0.25) is 0 Å². The molecular formula is C21H26N4O4. The Kier molecular flexibility index (Phi) is 5.53. The lowest BCUT2D eigenvalue weighted by Gasteiger charge is -2.34. The number of ether oxygens (including phenoxy) is 3. The zero-order chi connectivity index (χ0) is 20.4. The summed E-state index contributed by atoms with van der Waals surface area (Å²) < 4.78 is 16.1. The van der Waals surface area contributed by atoms with Gasteiger partial charge in [0.1, 0.15) is 23.1 Å². The fourth-order valence-corrected chi connectivity index (χ4v) is 3.84. The highest BCUT2D eigenvalue weighted by atomic mass is 16.5. The normalized spacial score (nSPS) is 16.4. The molecule has 154 valence electrons. The lowest BCUT2D eigenvalue weighted by atomic mass is 10.0. The number of aromatic nitrogens is 2. The number of carbonyl (C=O) groups is 1. The molecule has 8 nitrogen and oxygen atoms in total. The minimum atomic E-state index is -0.0543. The molecular weight excluding hydrogens is 372 g/mol. The SMILES string of the molecule is COc1cc(OC)cc(C(=O)N2CCc3nc(C)nc(N4CCOCC4)c3C2)c1. The van der Waals surface area contributed by atoms with Gasteiger partial charge < -0.3 is 24.0 Å². The molecule has 1 aromatic carbocycles. The van der Waals surface area contributed by atoms with Gasteiger partial charge in [-0.1, -0.05) is 0 Å². The second kappa shape index (κ2) is 8.24. The van der Waals surface area contributed by atoms with E-state index in [4.69, 9.17) is 19.2 Å². The monoisotopic (exact) mass is 398 g/mol. The second-order valence-corrected chi connectivity index (χ2v) is 7.20. The highest BCUT2D eigenvalue weighted by molar-refractivity contribution is 5.95. The van der Waals surface area contributed by atoms with Crippen LogP contribution >= 0.6 is 0 Å². The average molecular weight is 398 g/mol. The maximum absolute atomic E-state index is 13.2. The van der Waals surface area contributed by atoms with Crippen molar-refractivity contribution in [3.63, 3.8) is 0 Å². The Morgan fingerprint density at radius 3 is 2.38 bits per heavy atom. The Morgan fingerprint density at radius 2 is 1.72 bits per heavy atom. The quantitative estimate of drug-likeness (QED) is 0.778. The van der Waals surface area contributed by atoms with E-state index in [-0.39, 0.29) is 5.91 Å². The predicted molar refractivity (Wildman–Crippen MR) is 108 cm³/mol. The lowest BCUT2D eigenvalue weighted by Crippen LogP contribution is -2.41. The predicted octanol–water partition coefficient (Wildman–Crippen LogP) is 1.84. The Hall–Kier alpha value is -2.87. The minimum Gasteiger partial charge on any atom is -0.497 e. The molecule has 1 fully saturated rings. The van der Waals surface area contributed by atoms with Gasteiger partial charge in [0.2, 0.25) is 0 Å². The molecule has 2 aliphatic heterocycles. The number of morpholine rings is 1. The maximum Gasteiger partial charge on any atom is 0.254 e. The van der Waals surface area contributed by atoms with Crippen molar-refractivity contribution in [2.75, 3.05) is 52.0 Å². The summed E-state index contributed by atoms with van der Waals surface area (Å²) in [6, 6.07) is 5.25. The molecule has 0 aliphatic carbocycles. The van der Waals surface area contributed by atoms with Gasteiger partial charge in [-0.2, -0.15) is 0 Å². The van der Waals surface area contributed by atoms with Crippen LogP contribution < -0.4 is 14.4 Å². The summed E-state index contributed by atoms with van der Waals surface area (Å²) in [6.45, 7) is 5.98. The van der Waals surface area contributed by atoms with E-state index < -0.39 is 0 Å². The van der Waals surface area contributed by atoms with E-state index in [0.29, 0.717) is 49.8 Å². The number of rotatable bonds is 4. The maximum atomic E-state index is 13.2. The molecule has 0 N–H and O–H groups in total. The molecule has 0 saturated carbocycles. The minimum absolute atomic E-state index is 0.0543. The largest absolute Gasteiger partial charge is 0.497 e. The molecule has 3 heterocycles. The standard InChI is InChI=1S/C21H26N4O4/c1-14-22-19-4-5-25(13-18(19)20(23-14)24-6-8-29-9-7-24)21(26)15-10-16(27-2)12-17(11-15)28-3/h10-12H,4-9,13H2,1-3H3. The van der Waals surface area contributed by atoms with E-state index in [9.17, 15) is 4.79 Å². The number of carbonyl (C=O) groups excluding carboxylic acids is 1. The van der Waals surface area contributed by atoms with Gasteiger partial charge in [0.25, 0.3) is 5.91 Å². The van der Waals surface area contributed by atoms with Crippen molar-refractivity contribution in [2.24, 2.45) is 0 Å². The number of benzene rings is 1. The molecule has 29 heavy (non-hydrogen) atoms. The first kappa shape index (κ1) is 19.4. The number of hydrogen-bond acceptors (Lipinski definition) is 7. The fourth-order valence-electron chi connectivity index (χ4n) is 3.84. The number of aryl methyl sites for hydroxylation is 1. The van der Waals surface area contributed by atoms with Crippen LogP contribution in [0.25, 0.3) is 0 Å². The Labute approximate surface area is 170 Å². The highest BCUT2D eigenvalue weighted by Gasteiger charge is 2.28. The van der Waals surface area contributed by atoms with Crippen molar-refractivity contribution in [3.8, 4) is 11.5 Å². The van der Waals surface area contributed by atoms with Gasteiger partial charge in [-0.05, 0) is 19.1 Å². The Balaban J connectivity index is 1.63. The van der Waals surface area contributed by atoms with Gasteiger partial charge in [-0.3, -0.25) is 4.79 Å². The summed E-state index contributed by atoms with van der Waals surface area (Å²) in [5.74, 6) is 2.83. The van der Waals surface area contributed by atoms with Crippen LogP contribution in [-0.4, -0.2) is 67.8 Å². The number of nitrogens with zero attached hydrogens (tertiary/aromatic N) is 4. The molecule has 0 atom stereocenters. The van der Waals surface area contributed by atoms with E-state index in [2.05, 4.69) is 9.88 Å². The number of amides is 1. The van der Waals surface area contributed by atoms with Crippen LogP contribution in [0.15, 0.2) is 18.2 Å². The number of anilines is 1. The summed E-state index contributed by atoms with van der Waals surface area (Å²) in [6.07, 6.45) is 0.711. The first-order valence-corrected chi connectivity index (χ1v) is 9.80. The van der Waals surface area contributed by atoms with E-state index in [1.807, 2.05) is 11.8 Å². The zero-order valence-corrected chi connectivity index (χ0v) is 17.1. The molecule has 0 spiro atoms. The third kappa shape index (κ3) is 3.98. The van der Waals surface area contributed by atoms with Gasteiger partial charge in [0.15, 0.2) is 0 Å². The van der Waals surface area contributed by atoms with Crippen molar-refractivity contribution in [2.45, 2.75) is 19.9 Å². The van der Waals surface area contributed by atoms with Crippen molar-refractivity contribution in [1.82, 2.24) is 14.9 Å². The van der Waals surface area contributed by atoms with E-state index in [1.165, 1.54) is 0 Å². The Bertz CT molecular complexity index is 890. The van der Waals surface area contributed by atoms with E-state index >= 15 is 0 Å². The average Bonchev–Trinajstić information content (AvgIpc) is 2.77. The first-order chi connectivity index (χ1) is 14.1. The molecule has 1 aromatic heterocycles. The van der Waals surface area contributed by atoms with Crippen molar-refractivity contribution in [3.05, 3.63) is 40.8 Å². The molecule has 8 heteroatoms. The summed E-state index contributed by atoms with van der Waals surface area (Å²) in [5, 5.41) is 0. The first-order valence-electron chi connectivity index (χ1n) is 9.80. The number of fused-ring (bicyclic) bond motifs is 1. The molecule has 2 aliphatic rings. The fraction of sp³-hybridized carbons (Fsp3) is 0.476. The molecule has 1 saturated heterocycles. The summed E-state index contributed by atoms with van der Waals surface area (Å²) in [5.41, 5.74) is 2.61. The summed E-state index contributed by atoms with van der Waals surface area (Å²) in [7, 11) is 3.16. The lowest BCUT2D eigenvalue weighted by molar-refractivity contribution is 0.0732. The molecule has 0 radical (unpaired) electrons. The molecule has 1 amide bonds. The molecule has 4 rings (SSSR count). The summed E-state index contributed by atoms with van der Waals surface area (Å²) in [4.78, 5) is 26.7. The summed E-state index contributed by atoms with van der Waals surface area (Å²) >= 11 is 0. The van der Waals surface area contributed by atoms with Crippen molar-refractivity contribution >= 4 is 11.7 Å². The third-order valence-electron chi connectivity index (χ3n) is 5.35. The zero-order valence-electron chi connectivity index (χ0n) is 17.1. The van der Waals surface area contributed by atoms with E-state index in [0.717, 1.165) is 36.0 Å².